The molecule has 6 nitrogen and oxygen atoms in total. The molecule has 0 amide bonds. The van der Waals surface area contributed by atoms with E-state index in [-0.39, 0.29) is 18.6 Å². The molecule has 1 aliphatic heterocycles. The second-order valence-electron chi connectivity index (χ2n) is 5.53. The fourth-order valence-corrected chi connectivity index (χ4v) is 5.44. The van der Waals surface area contributed by atoms with E-state index < -0.39 is 27.2 Å². The van der Waals surface area contributed by atoms with Crippen LogP contribution in [0.3, 0.4) is 0 Å². The third-order valence-corrected chi connectivity index (χ3v) is 6.66. The van der Waals surface area contributed by atoms with Crippen molar-refractivity contribution < 1.29 is 23.1 Å². The number of aliphatic carboxylic acids is 1. The van der Waals surface area contributed by atoms with E-state index in [1.807, 2.05) is 0 Å². The summed E-state index contributed by atoms with van der Waals surface area (Å²) in [4.78, 5) is 11.1. The Hall–Kier alpha value is -0.660. The third-order valence-electron chi connectivity index (χ3n) is 4.33. The summed E-state index contributed by atoms with van der Waals surface area (Å²) >= 11 is 0. The van der Waals surface area contributed by atoms with Crippen LogP contribution in [0.2, 0.25) is 0 Å². The van der Waals surface area contributed by atoms with E-state index in [0.29, 0.717) is 13.0 Å². The van der Waals surface area contributed by atoms with Gasteiger partial charge in [-0.3, -0.25) is 4.79 Å². The van der Waals surface area contributed by atoms with E-state index >= 15 is 0 Å². The van der Waals surface area contributed by atoms with Crippen LogP contribution in [-0.2, 0) is 19.6 Å². The number of carbonyl (C=O) groups is 1. The Labute approximate surface area is 113 Å². The van der Waals surface area contributed by atoms with E-state index in [1.54, 1.807) is 6.92 Å². The molecule has 1 N–H and O–H groups in total. The summed E-state index contributed by atoms with van der Waals surface area (Å²) in [5, 5.41) is 8.57. The average Bonchev–Trinajstić information content (AvgIpc) is 2.94. The van der Waals surface area contributed by atoms with Gasteiger partial charge in [-0.25, -0.2) is 12.7 Å². The van der Waals surface area contributed by atoms with Gasteiger partial charge in [0.2, 0.25) is 10.0 Å². The molecule has 19 heavy (non-hydrogen) atoms. The first-order valence-electron chi connectivity index (χ1n) is 6.62. The van der Waals surface area contributed by atoms with Crippen LogP contribution in [0, 0.1) is 11.8 Å². The maximum Gasteiger partial charge on any atom is 0.308 e. The summed E-state index contributed by atoms with van der Waals surface area (Å²) in [6.07, 6.45) is 1.94. The van der Waals surface area contributed by atoms with Gasteiger partial charge in [0.15, 0.2) is 0 Å². The number of nitrogens with zero attached hydrogens (tertiary/aromatic N) is 1. The van der Waals surface area contributed by atoms with Crippen LogP contribution >= 0.6 is 0 Å². The molecule has 0 bridgehead atoms. The lowest BCUT2D eigenvalue weighted by Crippen LogP contribution is -2.42. The van der Waals surface area contributed by atoms with Crippen LogP contribution in [0.5, 0.6) is 0 Å². The number of carboxylic acids is 1. The summed E-state index contributed by atoms with van der Waals surface area (Å²) in [5.74, 6) is -1.66. The third kappa shape index (κ3) is 2.64. The summed E-state index contributed by atoms with van der Waals surface area (Å²) in [6.45, 7) is 2.18. The van der Waals surface area contributed by atoms with Crippen LogP contribution in [0.15, 0.2) is 0 Å². The predicted molar refractivity (Wildman–Crippen MR) is 69.2 cm³/mol. The molecule has 0 unspecified atom stereocenters. The first-order chi connectivity index (χ1) is 8.87. The predicted octanol–water partition coefficient (Wildman–Crippen LogP) is 0.536. The Morgan fingerprint density at radius 2 is 2.00 bits per heavy atom. The molecule has 4 atom stereocenters. The van der Waals surface area contributed by atoms with Gasteiger partial charge in [-0.2, -0.15) is 0 Å². The zero-order valence-electron chi connectivity index (χ0n) is 11.3. The lowest BCUT2D eigenvalue weighted by Gasteiger charge is -2.24. The van der Waals surface area contributed by atoms with Crippen molar-refractivity contribution in [3.05, 3.63) is 0 Å². The van der Waals surface area contributed by atoms with Gasteiger partial charge >= 0.3 is 5.97 Å². The maximum atomic E-state index is 12.6. The lowest BCUT2D eigenvalue weighted by atomic mass is 9.99. The van der Waals surface area contributed by atoms with Crippen molar-refractivity contribution in [1.29, 1.82) is 0 Å². The molecular formula is C12H21NO5S. The number of hydrogen-bond donors (Lipinski definition) is 1. The molecule has 1 heterocycles. The second-order valence-corrected chi connectivity index (χ2v) is 7.68. The average molecular weight is 291 g/mol. The van der Waals surface area contributed by atoms with Crippen molar-refractivity contribution in [1.82, 2.24) is 4.31 Å². The molecule has 1 saturated heterocycles. The Morgan fingerprint density at radius 3 is 2.53 bits per heavy atom. The van der Waals surface area contributed by atoms with Crippen LogP contribution in [0.25, 0.3) is 0 Å². The molecule has 0 spiro atoms. The van der Waals surface area contributed by atoms with E-state index in [0.717, 1.165) is 12.8 Å². The molecule has 110 valence electrons. The minimum absolute atomic E-state index is 0.0891. The summed E-state index contributed by atoms with van der Waals surface area (Å²) in [7, 11) is -1.92. The van der Waals surface area contributed by atoms with Gasteiger partial charge < -0.3 is 9.84 Å². The Morgan fingerprint density at radius 1 is 1.32 bits per heavy atom. The SMILES string of the molecule is CO[C@@H]1CCC[C@H]1S(=O)(=O)N1C[C@@H](C)[C@H](C(=O)O)C1. The molecule has 0 aromatic rings. The molecule has 7 heteroatoms. The first kappa shape index (κ1) is 14.7. The number of carboxylic acid groups (broad SMARTS) is 1. The topological polar surface area (TPSA) is 83.9 Å². The maximum absolute atomic E-state index is 12.6. The second kappa shape index (κ2) is 5.38. The Bertz CT molecular complexity index is 449. The molecule has 0 radical (unpaired) electrons. The van der Waals surface area contributed by atoms with E-state index in [1.165, 1.54) is 11.4 Å². The highest BCUT2D eigenvalue weighted by atomic mass is 32.2. The standard InChI is InChI=1S/C12H21NO5S/c1-8-6-13(7-9(8)12(14)15)19(16,17)11-5-3-4-10(11)18-2/h8-11H,3-7H2,1-2H3,(H,14,15)/t8-,9-,10-,11-/m1/s1. The Kier molecular flexibility index (Phi) is 4.17. The van der Waals surface area contributed by atoms with Gasteiger partial charge in [0.1, 0.15) is 5.25 Å². The highest BCUT2D eigenvalue weighted by Crippen LogP contribution is 2.33. The molecule has 2 rings (SSSR count). The monoisotopic (exact) mass is 291 g/mol. The van der Waals surface area contributed by atoms with Gasteiger partial charge in [0.25, 0.3) is 0 Å². The van der Waals surface area contributed by atoms with E-state index in [4.69, 9.17) is 9.84 Å². The van der Waals surface area contributed by atoms with Gasteiger partial charge in [-0.15, -0.1) is 0 Å². The van der Waals surface area contributed by atoms with Crippen molar-refractivity contribution in [2.24, 2.45) is 11.8 Å². The number of rotatable bonds is 4. The van der Waals surface area contributed by atoms with Crippen molar-refractivity contribution in [3.8, 4) is 0 Å². The first-order valence-corrected chi connectivity index (χ1v) is 8.12. The van der Waals surface area contributed by atoms with Gasteiger partial charge in [0, 0.05) is 20.2 Å². The van der Waals surface area contributed by atoms with Crippen LogP contribution in [0.4, 0.5) is 0 Å². The van der Waals surface area contributed by atoms with Gasteiger partial charge in [0.05, 0.1) is 12.0 Å². The summed E-state index contributed by atoms with van der Waals surface area (Å²) in [6, 6.07) is 0. The van der Waals surface area contributed by atoms with Crippen LogP contribution < -0.4 is 0 Å². The molecule has 0 aromatic heterocycles. The quantitative estimate of drug-likeness (QED) is 0.817. The molecule has 0 aromatic carbocycles. The number of ether oxygens (including phenoxy) is 1. The van der Waals surface area contributed by atoms with Crippen molar-refractivity contribution in [3.63, 3.8) is 0 Å². The van der Waals surface area contributed by atoms with E-state index in [9.17, 15) is 13.2 Å². The van der Waals surface area contributed by atoms with E-state index in [2.05, 4.69) is 0 Å². The van der Waals surface area contributed by atoms with Gasteiger partial charge in [-0.05, 0) is 25.2 Å². The minimum atomic E-state index is -3.45. The van der Waals surface area contributed by atoms with Crippen molar-refractivity contribution in [2.75, 3.05) is 20.2 Å². The highest BCUT2D eigenvalue weighted by Gasteiger charge is 2.46. The molecule has 1 saturated carbocycles. The number of sulfonamides is 1. The van der Waals surface area contributed by atoms with Crippen molar-refractivity contribution >= 4 is 16.0 Å². The minimum Gasteiger partial charge on any atom is -0.481 e. The lowest BCUT2D eigenvalue weighted by molar-refractivity contribution is -0.142. The molecule has 2 aliphatic rings. The normalized spacial score (nSPS) is 36.7. The zero-order chi connectivity index (χ0) is 14.2. The zero-order valence-corrected chi connectivity index (χ0v) is 12.1. The number of hydrogen-bond acceptors (Lipinski definition) is 4. The van der Waals surface area contributed by atoms with Crippen molar-refractivity contribution in [2.45, 2.75) is 37.5 Å². The molecule has 2 fully saturated rings. The van der Waals surface area contributed by atoms with Gasteiger partial charge in [-0.1, -0.05) is 6.92 Å². The highest BCUT2D eigenvalue weighted by molar-refractivity contribution is 7.89. The number of methoxy groups -OCH3 is 1. The Balaban J connectivity index is 2.15. The smallest absolute Gasteiger partial charge is 0.308 e. The largest absolute Gasteiger partial charge is 0.481 e. The van der Waals surface area contributed by atoms with Crippen LogP contribution in [-0.4, -0.2) is 55.4 Å². The van der Waals surface area contributed by atoms with Crippen LogP contribution in [0.1, 0.15) is 26.2 Å². The molecular weight excluding hydrogens is 270 g/mol. The summed E-state index contributed by atoms with van der Waals surface area (Å²) in [5.41, 5.74) is 0. The summed E-state index contributed by atoms with van der Waals surface area (Å²) < 4.78 is 31.7. The molecule has 1 aliphatic carbocycles. The fourth-order valence-electron chi connectivity index (χ4n) is 3.15. The fraction of sp³-hybridized carbons (Fsp3) is 0.917.